The number of rotatable bonds is 7. The summed E-state index contributed by atoms with van der Waals surface area (Å²) in [6, 6.07) is 0.581. The van der Waals surface area contributed by atoms with Gasteiger partial charge < -0.3 is 21.0 Å². The van der Waals surface area contributed by atoms with Crippen molar-refractivity contribution in [2.75, 3.05) is 13.1 Å². The Labute approximate surface area is 190 Å². The molecule has 0 heterocycles. The monoisotopic (exact) mass is 432 g/mol. The van der Waals surface area contributed by atoms with E-state index in [1.54, 1.807) is 6.92 Å². The van der Waals surface area contributed by atoms with Gasteiger partial charge in [-0.2, -0.15) is 0 Å². The van der Waals surface area contributed by atoms with Crippen LogP contribution in [0.2, 0.25) is 0 Å². The van der Waals surface area contributed by atoms with Crippen molar-refractivity contribution in [2.24, 2.45) is 52.1 Å². The number of carbonyl (C=O) groups excluding carboxylic acids is 1. The predicted molar refractivity (Wildman–Crippen MR) is 127 cm³/mol. The lowest BCUT2D eigenvalue weighted by molar-refractivity contribution is -0.167. The first-order chi connectivity index (χ1) is 14.7. The molecule has 31 heavy (non-hydrogen) atoms. The summed E-state index contributed by atoms with van der Waals surface area (Å²) < 4.78 is 0. The largest absolute Gasteiger partial charge is 0.393 e. The number of hydrogen-bond donors (Lipinski definition) is 3. The fraction of sp³-hybridized carbons (Fsp3) is 0.963. The van der Waals surface area contributed by atoms with Crippen LogP contribution in [0.5, 0.6) is 0 Å². The van der Waals surface area contributed by atoms with Gasteiger partial charge in [0.1, 0.15) is 5.78 Å². The number of nitrogens with one attached hydrogen (secondary N) is 1. The molecule has 0 spiro atoms. The first kappa shape index (κ1) is 23.7. The molecule has 0 aliphatic heterocycles. The van der Waals surface area contributed by atoms with Gasteiger partial charge >= 0.3 is 0 Å². The quantitative estimate of drug-likeness (QED) is 0.552. The number of Topliss-reactive ketones (excluding diaryl/α,β-unsaturated/α-hetero) is 1. The van der Waals surface area contributed by atoms with Gasteiger partial charge in [-0.05, 0) is 111 Å². The number of ketones is 1. The summed E-state index contributed by atoms with van der Waals surface area (Å²) in [7, 11) is 0. The average Bonchev–Trinajstić information content (AvgIpc) is 3.08. The molecule has 4 nitrogen and oxygen atoms in total. The Morgan fingerprint density at radius 3 is 2.52 bits per heavy atom. The molecule has 4 N–H and O–H groups in total. The molecular weight excluding hydrogens is 384 g/mol. The van der Waals surface area contributed by atoms with Gasteiger partial charge in [0.25, 0.3) is 0 Å². The Morgan fingerprint density at radius 1 is 1.10 bits per heavy atom. The van der Waals surface area contributed by atoms with Gasteiger partial charge in [-0.25, -0.2) is 0 Å². The maximum absolute atomic E-state index is 11.6. The van der Waals surface area contributed by atoms with Gasteiger partial charge in [-0.15, -0.1) is 0 Å². The van der Waals surface area contributed by atoms with Crippen molar-refractivity contribution in [2.45, 2.75) is 104 Å². The zero-order valence-electron chi connectivity index (χ0n) is 20.5. The van der Waals surface area contributed by atoms with E-state index in [-0.39, 0.29) is 6.10 Å². The van der Waals surface area contributed by atoms with Crippen LogP contribution in [0.4, 0.5) is 0 Å². The molecule has 0 amide bonds. The lowest BCUT2D eigenvalue weighted by atomic mass is 9.43. The van der Waals surface area contributed by atoms with Crippen molar-refractivity contribution in [3.8, 4) is 0 Å². The van der Waals surface area contributed by atoms with Crippen molar-refractivity contribution >= 4 is 5.78 Å². The van der Waals surface area contributed by atoms with Gasteiger partial charge in [0, 0.05) is 25.6 Å². The van der Waals surface area contributed by atoms with E-state index in [4.69, 9.17) is 5.73 Å². The maximum atomic E-state index is 11.6. The van der Waals surface area contributed by atoms with Gasteiger partial charge in [0.15, 0.2) is 0 Å². The van der Waals surface area contributed by atoms with Crippen LogP contribution < -0.4 is 11.1 Å². The molecule has 4 saturated carbocycles. The van der Waals surface area contributed by atoms with Crippen molar-refractivity contribution in [3.05, 3.63) is 0 Å². The molecule has 178 valence electrons. The minimum atomic E-state index is -0.132. The SMILES string of the molecule is CC(=O)CC[C@@H](C)[C@H]1CCC2C3C(CC[C@@]21C)[C@@]1(C)CC[C@@H](NCCN)C[C@@H]1C[C@H]3O. The third-order valence-electron chi connectivity index (χ3n) is 11.0. The summed E-state index contributed by atoms with van der Waals surface area (Å²) in [6.45, 7) is 10.9. The van der Waals surface area contributed by atoms with E-state index < -0.39 is 0 Å². The number of fused-ring (bicyclic) bond motifs is 5. The second-order valence-electron chi connectivity index (χ2n) is 12.5. The van der Waals surface area contributed by atoms with Crippen molar-refractivity contribution in [1.82, 2.24) is 5.32 Å². The highest BCUT2D eigenvalue weighted by molar-refractivity contribution is 5.75. The topological polar surface area (TPSA) is 75.4 Å². The lowest BCUT2D eigenvalue weighted by Crippen LogP contribution is -2.59. The predicted octanol–water partition coefficient (Wildman–Crippen LogP) is 4.54. The highest BCUT2D eigenvalue weighted by Crippen LogP contribution is 2.68. The first-order valence-electron chi connectivity index (χ1n) is 13.3. The van der Waals surface area contributed by atoms with Crippen LogP contribution in [0.25, 0.3) is 0 Å². The lowest BCUT2D eigenvalue weighted by Gasteiger charge is -2.62. The fourth-order valence-corrected chi connectivity index (χ4v) is 9.30. The molecule has 4 aliphatic rings. The Morgan fingerprint density at radius 2 is 1.81 bits per heavy atom. The highest BCUT2D eigenvalue weighted by atomic mass is 16.3. The van der Waals surface area contributed by atoms with Crippen LogP contribution in [-0.4, -0.2) is 36.1 Å². The molecule has 10 atom stereocenters. The molecule has 0 aromatic heterocycles. The van der Waals surface area contributed by atoms with Gasteiger partial charge in [0.2, 0.25) is 0 Å². The Hall–Kier alpha value is -0.450. The summed E-state index contributed by atoms with van der Waals surface area (Å²) in [4.78, 5) is 11.6. The van der Waals surface area contributed by atoms with Gasteiger partial charge in [-0.3, -0.25) is 0 Å². The summed E-state index contributed by atoms with van der Waals surface area (Å²) >= 11 is 0. The molecule has 4 aliphatic carbocycles. The first-order valence-corrected chi connectivity index (χ1v) is 13.3. The Bertz CT molecular complexity index is 653. The molecule has 0 saturated heterocycles. The van der Waals surface area contributed by atoms with Crippen LogP contribution in [0.15, 0.2) is 0 Å². The number of aliphatic hydroxyl groups excluding tert-OH is 1. The van der Waals surface area contributed by atoms with Crippen molar-refractivity contribution in [3.63, 3.8) is 0 Å². The van der Waals surface area contributed by atoms with E-state index in [0.29, 0.717) is 64.7 Å². The second kappa shape index (κ2) is 9.06. The molecule has 0 aromatic rings. The van der Waals surface area contributed by atoms with E-state index in [1.807, 2.05) is 0 Å². The molecule has 0 bridgehead atoms. The van der Waals surface area contributed by atoms with Crippen LogP contribution in [0.1, 0.15) is 91.9 Å². The summed E-state index contributed by atoms with van der Waals surface area (Å²) in [6.07, 6.45) is 11.6. The molecule has 3 unspecified atom stereocenters. The van der Waals surface area contributed by atoms with Crippen LogP contribution in [0.3, 0.4) is 0 Å². The third-order valence-corrected chi connectivity index (χ3v) is 11.0. The zero-order chi connectivity index (χ0) is 22.4. The van der Waals surface area contributed by atoms with E-state index in [0.717, 1.165) is 25.8 Å². The summed E-state index contributed by atoms with van der Waals surface area (Å²) in [5, 5.41) is 15.2. The van der Waals surface area contributed by atoms with E-state index in [9.17, 15) is 9.90 Å². The average molecular weight is 433 g/mol. The second-order valence-corrected chi connectivity index (χ2v) is 12.5. The number of hydrogen-bond acceptors (Lipinski definition) is 4. The van der Waals surface area contributed by atoms with Crippen molar-refractivity contribution < 1.29 is 9.90 Å². The minimum absolute atomic E-state index is 0.132. The molecule has 0 aromatic carbocycles. The Balaban J connectivity index is 1.50. The van der Waals surface area contributed by atoms with Gasteiger partial charge in [-0.1, -0.05) is 20.8 Å². The third kappa shape index (κ3) is 4.15. The summed E-state index contributed by atoms with van der Waals surface area (Å²) in [5.41, 5.74) is 6.46. The standard InChI is InChI=1S/C27H48N2O2/c1-17(5-6-18(2)30)21-7-8-22-25-23(10-12-27(21,22)4)26(3)11-9-20(29-14-13-28)15-19(26)16-24(25)31/h17,19-25,29,31H,5-16,28H2,1-4H3/t17-,19-,20-,21-,22?,23?,24-,25?,26+,27-/m1/s1. The fourth-order valence-electron chi connectivity index (χ4n) is 9.30. The molecule has 0 radical (unpaired) electrons. The van der Waals surface area contributed by atoms with E-state index in [2.05, 4.69) is 26.1 Å². The maximum Gasteiger partial charge on any atom is 0.129 e. The molecule has 4 rings (SSSR count). The van der Waals surface area contributed by atoms with Crippen LogP contribution in [0, 0.1) is 46.3 Å². The van der Waals surface area contributed by atoms with Crippen LogP contribution >= 0.6 is 0 Å². The minimum Gasteiger partial charge on any atom is -0.393 e. The van der Waals surface area contributed by atoms with E-state index >= 15 is 0 Å². The van der Waals surface area contributed by atoms with Crippen LogP contribution in [-0.2, 0) is 4.79 Å². The Kier molecular flexibility index (Phi) is 6.93. The normalized spacial score (nSPS) is 47.9. The van der Waals surface area contributed by atoms with E-state index in [1.165, 1.54) is 44.9 Å². The number of nitrogens with two attached hydrogens (primary N) is 1. The van der Waals surface area contributed by atoms with Gasteiger partial charge in [0.05, 0.1) is 6.10 Å². The smallest absolute Gasteiger partial charge is 0.129 e. The summed E-state index contributed by atoms with van der Waals surface area (Å²) in [5.74, 6) is 4.13. The zero-order valence-corrected chi connectivity index (χ0v) is 20.5. The number of carbonyl (C=O) groups is 1. The molecule has 4 heteroatoms. The number of aliphatic hydroxyl groups is 1. The molecule has 4 fully saturated rings. The highest BCUT2D eigenvalue weighted by Gasteiger charge is 2.62. The van der Waals surface area contributed by atoms with Crippen molar-refractivity contribution in [1.29, 1.82) is 0 Å². The molecular formula is C27H48N2O2.